The van der Waals surface area contributed by atoms with Gasteiger partial charge in [0.2, 0.25) is 0 Å². The van der Waals surface area contributed by atoms with Gasteiger partial charge in [-0.05, 0) is 18.6 Å². The van der Waals surface area contributed by atoms with Gasteiger partial charge in [-0.25, -0.2) is 4.39 Å². The summed E-state index contributed by atoms with van der Waals surface area (Å²) in [5.74, 6) is -1.79. The van der Waals surface area contributed by atoms with Gasteiger partial charge in [-0.3, -0.25) is 4.79 Å². The number of furan rings is 1. The molecule has 1 unspecified atom stereocenters. The van der Waals surface area contributed by atoms with Gasteiger partial charge in [0.1, 0.15) is 11.7 Å². The first-order chi connectivity index (χ1) is 8.13. The maximum Gasteiger partial charge on any atom is 0.314 e. The van der Waals surface area contributed by atoms with Gasteiger partial charge in [-0.2, -0.15) is 0 Å². The van der Waals surface area contributed by atoms with Crippen molar-refractivity contribution in [3.05, 3.63) is 35.8 Å². The lowest BCUT2D eigenvalue weighted by Crippen LogP contribution is -2.10. The van der Waals surface area contributed by atoms with Crippen LogP contribution >= 0.6 is 0 Å². The molecule has 3 nitrogen and oxygen atoms in total. The van der Waals surface area contributed by atoms with Gasteiger partial charge < -0.3 is 9.52 Å². The Morgan fingerprint density at radius 1 is 1.53 bits per heavy atom. The molecule has 0 fully saturated rings. The number of aliphatic carboxylic acids is 1. The van der Waals surface area contributed by atoms with Crippen molar-refractivity contribution < 1.29 is 18.7 Å². The van der Waals surface area contributed by atoms with Gasteiger partial charge in [0.15, 0.2) is 11.4 Å². The van der Waals surface area contributed by atoms with Gasteiger partial charge in [-0.15, -0.1) is 0 Å². The minimum Gasteiger partial charge on any atom is -0.481 e. The van der Waals surface area contributed by atoms with Gasteiger partial charge in [0.25, 0.3) is 0 Å². The van der Waals surface area contributed by atoms with Crippen LogP contribution in [0.1, 0.15) is 31.4 Å². The van der Waals surface area contributed by atoms with Crippen LogP contribution in [0.5, 0.6) is 0 Å². The largest absolute Gasteiger partial charge is 0.481 e. The third-order valence-electron chi connectivity index (χ3n) is 2.73. The van der Waals surface area contributed by atoms with Crippen molar-refractivity contribution >= 4 is 16.9 Å². The van der Waals surface area contributed by atoms with E-state index in [2.05, 4.69) is 0 Å². The third kappa shape index (κ3) is 2.16. The Balaban J connectivity index is 2.47. The predicted molar refractivity (Wildman–Crippen MR) is 61.5 cm³/mol. The van der Waals surface area contributed by atoms with Crippen LogP contribution in [0.4, 0.5) is 4.39 Å². The molecule has 0 radical (unpaired) electrons. The number of benzene rings is 1. The van der Waals surface area contributed by atoms with Crippen LogP contribution in [0, 0.1) is 5.82 Å². The average Bonchev–Trinajstić information content (AvgIpc) is 2.70. The SMILES string of the molecule is CCCC(C(=O)O)c1cc2cccc(F)c2o1. The first-order valence-electron chi connectivity index (χ1n) is 5.54. The van der Waals surface area contributed by atoms with Crippen LogP contribution in [0.3, 0.4) is 0 Å². The topological polar surface area (TPSA) is 50.4 Å². The van der Waals surface area contributed by atoms with E-state index in [1.807, 2.05) is 6.92 Å². The van der Waals surface area contributed by atoms with Crippen LogP contribution in [0.15, 0.2) is 28.7 Å². The molecule has 17 heavy (non-hydrogen) atoms. The number of carbonyl (C=O) groups is 1. The molecule has 0 saturated heterocycles. The molecule has 0 aliphatic heterocycles. The van der Waals surface area contributed by atoms with Crippen molar-refractivity contribution in [3.63, 3.8) is 0 Å². The second kappa shape index (κ2) is 4.57. The molecule has 1 heterocycles. The Labute approximate surface area is 97.9 Å². The van der Waals surface area contributed by atoms with Gasteiger partial charge in [0.05, 0.1) is 0 Å². The van der Waals surface area contributed by atoms with Crippen molar-refractivity contribution in [2.75, 3.05) is 0 Å². The van der Waals surface area contributed by atoms with Crippen molar-refractivity contribution in [2.45, 2.75) is 25.7 Å². The molecule has 90 valence electrons. The number of rotatable bonds is 4. The molecule has 0 bridgehead atoms. The predicted octanol–water partition coefficient (Wildman–Crippen LogP) is 3.54. The molecule has 0 spiro atoms. The summed E-state index contributed by atoms with van der Waals surface area (Å²) >= 11 is 0. The van der Waals surface area contributed by atoms with Crippen molar-refractivity contribution in [1.82, 2.24) is 0 Å². The minimum atomic E-state index is -0.939. The fraction of sp³-hybridized carbons (Fsp3) is 0.308. The molecule has 1 aromatic heterocycles. The molecule has 0 amide bonds. The maximum atomic E-state index is 13.4. The highest BCUT2D eigenvalue weighted by atomic mass is 19.1. The molecule has 1 N–H and O–H groups in total. The van der Waals surface area contributed by atoms with Crippen molar-refractivity contribution in [2.24, 2.45) is 0 Å². The molecule has 2 rings (SSSR count). The Bertz CT molecular complexity index is 545. The molecular weight excluding hydrogens is 223 g/mol. The van der Waals surface area contributed by atoms with E-state index in [1.54, 1.807) is 18.2 Å². The molecule has 0 aliphatic rings. The lowest BCUT2D eigenvalue weighted by Gasteiger charge is -2.06. The van der Waals surface area contributed by atoms with E-state index in [-0.39, 0.29) is 5.58 Å². The van der Waals surface area contributed by atoms with Gasteiger partial charge in [0, 0.05) is 5.39 Å². The van der Waals surface area contributed by atoms with E-state index in [1.165, 1.54) is 6.07 Å². The Hall–Kier alpha value is -1.84. The average molecular weight is 236 g/mol. The zero-order valence-corrected chi connectivity index (χ0v) is 9.44. The molecule has 4 heteroatoms. The summed E-state index contributed by atoms with van der Waals surface area (Å²) in [6.07, 6.45) is 1.22. The number of halogens is 1. The van der Waals surface area contributed by atoms with Crippen molar-refractivity contribution in [1.29, 1.82) is 0 Å². The summed E-state index contributed by atoms with van der Waals surface area (Å²) in [6.45, 7) is 1.90. The van der Waals surface area contributed by atoms with Crippen LogP contribution in [0.25, 0.3) is 11.0 Å². The van der Waals surface area contributed by atoms with Crippen LogP contribution in [0.2, 0.25) is 0 Å². The summed E-state index contributed by atoms with van der Waals surface area (Å²) < 4.78 is 18.7. The quantitative estimate of drug-likeness (QED) is 0.883. The Morgan fingerprint density at radius 2 is 2.29 bits per heavy atom. The van der Waals surface area contributed by atoms with Crippen molar-refractivity contribution in [3.8, 4) is 0 Å². The number of carboxylic acids is 1. The van der Waals surface area contributed by atoms with Crippen LogP contribution < -0.4 is 0 Å². The molecule has 0 aliphatic carbocycles. The highest BCUT2D eigenvalue weighted by Crippen LogP contribution is 2.29. The van der Waals surface area contributed by atoms with E-state index >= 15 is 0 Å². The number of fused-ring (bicyclic) bond motifs is 1. The second-order valence-electron chi connectivity index (χ2n) is 3.99. The number of carboxylic acid groups (broad SMARTS) is 1. The van der Waals surface area contributed by atoms with E-state index < -0.39 is 17.7 Å². The standard InChI is InChI=1S/C13H13FO3/c1-2-4-9(13(15)16)11-7-8-5-3-6-10(14)12(8)17-11/h3,5-7,9H,2,4H2,1H3,(H,15,16). The van der Waals surface area contributed by atoms with E-state index in [0.717, 1.165) is 6.42 Å². The lowest BCUT2D eigenvalue weighted by atomic mass is 10.0. The fourth-order valence-electron chi connectivity index (χ4n) is 1.90. The first kappa shape index (κ1) is 11.6. The summed E-state index contributed by atoms with van der Waals surface area (Å²) in [7, 11) is 0. The van der Waals surface area contributed by atoms with E-state index in [0.29, 0.717) is 17.6 Å². The summed E-state index contributed by atoms with van der Waals surface area (Å²) in [6, 6.07) is 6.18. The summed E-state index contributed by atoms with van der Waals surface area (Å²) in [4.78, 5) is 11.1. The van der Waals surface area contributed by atoms with Crippen LogP contribution in [-0.2, 0) is 4.79 Å². The van der Waals surface area contributed by atoms with Gasteiger partial charge >= 0.3 is 5.97 Å². The van der Waals surface area contributed by atoms with E-state index in [9.17, 15) is 9.18 Å². The minimum absolute atomic E-state index is 0.129. The van der Waals surface area contributed by atoms with Crippen LogP contribution in [-0.4, -0.2) is 11.1 Å². The smallest absolute Gasteiger partial charge is 0.314 e. The molecule has 0 saturated carbocycles. The number of para-hydroxylation sites is 1. The highest BCUT2D eigenvalue weighted by molar-refractivity contribution is 5.82. The third-order valence-corrected chi connectivity index (χ3v) is 2.73. The first-order valence-corrected chi connectivity index (χ1v) is 5.54. The summed E-state index contributed by atoms with van der Waals surface area (Å²) in [5, 5.41) is 9.70. The summed E-state index contributed by atoms with van der Waals surface area (Å²) in [5.41, 5.74) is 0.129. The molecular formula is C13H13FO3. The number of hydrogen-bond acceptors (Lipinski definition) is 2. The maximum absolute atomic E-state index is 13.4. The zero-order valence-electron chi connectivity index (χ0n) is 9.44. The highest BCUT2D eigenvalue weighted by Gasteiger charge is 2.23. The lowest BCUT2D eigenvalue weighted by molar-refractivity contribution is -0.139. The Morgan fingerprint density at radius 3 is 2.88 bits per heavy atom. The second-order valence-corrected chi connectivity index (χ2v) is 3.99. The molecule has 1 atom stereocenters. The fourth-order valence-corrected chi connectivity index (χ4v) is 1.90. The van der Waals surface area contributed by atoms with E-state index in [4.69, 9.17) is 9.52 Å². The monoisotopic (exact) mass is 236 g/mol. The van der Waals surface area contributed by atoms with Gasteiger partial charge in [-0.1, -0.05) is 25.5 Å². The number of hydrogen-bond donors (Lipinski definition) is 1. The molecule has 2 aromatic rings. The zero-order chi connectivity index (χ0) is 12.4. The molecule has 1 aromatic carbocycles. The normalized spacial score (nSPS) is 12.8. The Kier molecular flexibility index (Phi) is 3.13.